The Kier molecular flexibility index (Phi) is 5.91. The highest BCUT2D eigenvalue weighted by Crippen LogP contribution is 2.16. The lowest BCUT2D eigenvalue weighted by Gasteiger charge is -2.17. The molecule has 0 aliphatic rings. The van der Waals surface area contributed by atoms with E-state index in [1.165, 1.54) is 0 Å². The Balaban J connectivity index is 2.75. The zero-order valence-electron chi connectivity index (χ0n) is 10.7. The van der Waals surface area contributed by atoms with E-state index in [9.17, 15) is 9.59 Å². The van der Waals surface area contributed by atoms with Crippen molar-refractivity contribution in [1.29, 1.82) is 0 Å². The van der Waals surface area contributed by atoms with Gasteiger partial charge in [-0.05, 0) is 25.5 Å². The molecular formula is C14H18O4. The Bertz CT molecular complexity index is 401. The number of aldehydes is 1. The molecule has 18 heavy (non-hydrogen) atoms. The second kappa shape index (κ2) is 7.48. The molecule has 0 radical (unpaired) electrons. The van der Waals surface area contributed by atoms with Crippen LogP contribution in [-0.4, -0.2) is 25.0 Å². The molecule has 0 amide bonds. The molecule has 0 aromatic heterocycles. The number of carbonyl (C=O) groups excluding carboxylic acids is 2. The molecule has 98 valence electrons. The highest BCUT2D eigenvalue weighted by atomic mass is 16.6. The number of hydrogen-bond donors (Lipinski definition) is 0. The summed E-state index contributed by atoms with van der Waals surface area (Å²) in [4.78, 5) is 22.3. The Labute approximate surface area is 107 Å². The molecule has 0 bridgehead atoms. The van der Waals surface area contributed by atoms with Crippen molar-refractivity contribution in [2.75, 3.05) is 6.61 Å². The average molecular weight is 250 g/mol. The van der Waals surface area contributed by atoms with E-state index in [1.807, 2.05) is 6.92 Å². The molecule has 1 unspecified atom stereocenters. The average Bonchev–Trinajstić information content (AvgIpc) is 2.39. The van der Waals surface area contributed by atoms with Crippen LogP contribution in [0.4, 0.5) is 0 Å². The first-order valence-electron chi connectivity index (χ1n) is 6.09. The summed E-state index contributed by atoms with van der Waals surface area (Å²) in [5.74, 6) is 0.141. The van der Waals surface area contributed by atoms with Gasteiger partial charge < -0.3 is 9.47 Å². The van der Waals surface area contributed by atoms with Crippen molar-refractivity contribution >= 4 is 12.3 Å². The molecular weight excluding hydrogens is 232 g/mol. The third-order valence-corrected chi connectivity index (χ3v) is 2.37. The highest BCUT2D eigenvalue weighted by Gasteiger charge is 2.20. The topological polar surface area (TPSA) is 52.6 Å². The minimum Gasteiger partial charge on any atom is -0.479 e. The Hall–Kier alpha value is -1.84. The first-order chi connectivity index (χ1) is 8.71. The van der Waals surface area contributed by atoms with Gasteiger partial charge in [-0.3, -0.25) is 4.79 Å². The molecule has 0 spiro atoms. The minimum absolute atomic E-state index is 0.330. The standard InChI is InChI=1S/C14H18O4/c1-3-6-13(14(16)17-4-2)18-12-8-5-7-11(9-12)10-15/h5,7-10,13H,3-4,6H2,1-2H3. The highest BCUT2D eigenvalue weighted by molar-refractivity contribution is 5.76. The maximum atomic E-state index is 11.7. The van der Waals surface area contributed by atoms with Crippen LogP contribution in [0.15, 0.2) is 24.3 Å². The second-order valence-electron chi connectivity index (χ2n) is 3.84. The number of hydrogen-bond acceptors (Lipinski definition) is 4. The van der Waals surface area contributed by atoms with Crippen LogP contribution in [-0.2, 0) is 9.53 Å². The first-order valence-corrected chi connectivity index (χ1v) is 6.09. The number of carbonyl (C=O) groups is 2. The third kappa shape index (κ3) is 4.20. The van der Waals surface area contributed by atoms with Crippen LogP contribution in [0.5, 0.6) is 5.75 Å². The molecule has 0 saturated heterocycles. The summed E-state index contributed by atoms with van der Waals surface area (Å²) >= 11 is 0. The fraction of sp³-hybridized carbons (Fsp3) is 0.429. The molecule has 0 aliphatic heterocycles. The van der Waals surface area contributed by atoms with Crippen LogP contribution >= 0.6 is 0 Å². The molecule has 0 saturated carbocycles. The summed E-state index contributed by atoms with van der Waals surface area (Å²) in [6.07, 6.45) is 1.53. The van der Waals surface area contributed by atoms with E-state index >= 15 is 0 Å². The Morgan fingerprint density at radius 3 is 2.78 bits per heavy atom. The Morgan fingerprint density at radius 1 is 1.39 bits per heavy atom. The van der Waals surface area contributed by atoms with E-state index < -0.39 is 6.10 Å². The van der Waals surface area contributed by atoms with E-state index in [0.29, 0.717) is 24.3 Å². The fourth-order valence-corrected chi connectivity index (χ4v) is 1.55. The summed E-state index contributed by atoms with van der Waals surface area (Å²) in [6.45, 7) is 4.06. The zero-order chi connectivity index (χ0) is 13.4. The molecule has 0 fully saturated rings. The number of esters is 1. The quantitative estimate of drug-likeness (QED) is 0.551. The van der Waals surface area contributed by atoms with E-state index in [4.69, 9.17) is 9.47 Å². The van der Waals surface area contributed by atoms with Crippen molar-refractivity contribution in [3.8, 4) is 5.75 Å². The Morgan fingerprint density at radius 2 is 2.17 bits per heavy atom. The van der Waals surface area contributed by atoms with Crippen LogP contribution in [0.1, 0.15) is 37.0 Å². The SMILES string of the molecule is CCCC(Oc1cccc(C=O)c1)C(=O)OCC. The molecule has 1 aromatic rings. The van der Waals surface area contributed by atoms with E-state index in [0.717, 1.165) is 12.7 Å². The molecule has 0 heterocycles. The van der Waals surface area contributed by atoms with Crippen molar-refractivity contribution < 1.29 is 19.1 Å². The number of ether oxygens (including phenoxy) is 2. The van der Waals surface area contributed by atoms with E-state index in [-0.39, 0.29) is 5.97 Å². The second-order valence-corrected chi connectivity index (χ2v) is 3.84. The van der Waals surface area contributed by atoms with Crippen LogP contribution in [0.2, 0.25) is 0 Å². The van der Waals surface area contributed by atoms with Crippen molar-refractivity contribution in [3.63, 3.8) is 0 Å². The van der Waals surface area contributed by atoms with Crippen molar-refractivity contribution in [1.82, 2.24) is 0 Å². The monoisotopic (exact) mass is 250 g/mol. The van der Waals surface area contributed by atoms with Gasteiger partial charge in [-0.15, -0.1) is 0 Å². The van der Waals surface area contributed by atoms with Crippen LogP contribution in [0.25, 0.3) is 0 Å². The van der Waals surface area contributed by atoms with Crippen molar-refractivity contribution in [2.45, 2.75) is 32.8 Å². The number of benzene rings is 1. The maximum Gasteiger partial charge on any atom is 0.347 e. The van der Waals surface area contributed by atoms with Gasteiger partial charge in [-0.1, -0.05) is 25.5 Å². The molecule has 1 atom stereocenters. The van der Waals surface area contributed by atoms with Crippen LogP contribution < -0.4 is 4.74 Å². The summed E-state index contributed by atoms with van der Waals surface area (Å²) in [6, 6.07) is 6.72. The van der Waals surface area contributed by atoms with Crippen LogP contribution in [0, 0.1) is 0 Å². The smallest absolute Gasteiger partial charge is 0.347 e. The molecule has 4 heteroatoms. The summed E-state index contributed by atoms with van der Waals surface area (Å²) in [7, 11) is 0. The van der Waals surface area contributed by atoms with Crippen LogP contribution in [0.3, 0.4) is 0 Å². The van der Waals surface area contributed by atoms with Gasteiger partial charge in [0.05, 0.1) is 6.61 Å². The summed E-state index contributed by atoms with van der Waals surface area (Å²) in [5, 5.41) is 0. The molecule has 1 rings (SSSR count). The van der Waals surface area contributed by atoms with Gasteiger partial charge in [0.25, 0.3) is 0 Å². The van der Waals surface area contributed by atoms with Gasteiger partial charge in [0.15, 0.2) is 6.10 Å². The normalized spacial score (nSPS) is 11.7. The third-order valence-electron chi connectivity index (χ3n) is 2.37. The maximum absolute atomic E-state index is 11.7. The summed E-state index contributed by atoms with van der Waals surface area (Å²) < 4.78 is 10.5. The predicted molar refractivity (Wildman–Crippen MR) is 67.8 cm³/mol. The lowest BCUT2D eigenvalue weighted by atomic mass is 10.2. The fourth-order valence-electron chi connectivity index (χ4n) is 1.55. The lowest BCUT2D eigenvalue weighted by molar-refractivity contribution is -0.151. The first kappa shape index (κ1) is 14.2. The zero-order valence-corrected chi connectivity index (χ0v) is 10.7. The lowest BCUT2D eigenvalue weighted by Crippen LogP contribution is -2.29. The molecule has 1 aromatic carbocycles. The van der Waals surface area contributed by atoms with Gasteiger partial charge in [-0.2, -0.15) is 0 Å². The molecule has 4 nitrogen and oxygen atoms in total. The van der Waals surface area contributed by atoms with E-state index in [2.05, 4.69) is 0 Å². The van der Waals surface area contributed by atoms with Gasteiger partial charge in [0, 0.05) is 5.56 Å². The predicted octanol–water partition coefficient (Wildman–Crippen LogP) is 2.61. The van der Waals surface area contributed by atoms with E-state index in [1.54, 1.807) is 31.2 Å². The number of rotatable bonds is 7. The molecule has 0 aliphatic carbocycles. The van der Waals surface area contributed by atoms with Crippen molar-refractivity contribution in [2.24, 2.45) is 0 Å². The minimum atomic E-state index is -0.614. The van der Waals surface area contributed by atoms with Gasteiger partial charge in [0.1, 0.15) is 12.0 Å². The van der Waals surface area contributed by atoms with Gasteiger partial charge >= 0.3 is 5.97 Å². The van der Waals surface area contributed by atoms with Gasteiger partial charge in [-0.25, -0.2) is 4.79 Å². The largest absolute Gasteiger partial charge is 0.479 e. The van der Waals surface area contributed by atoms with Gasteiger partial charge in [0.2, 0.25) is 0 Å². The molecule has 0 N–H and O–H groups in total. The van der Waals surface area contributed by atoms with Crippen molar-refractivity contribution in [3.05, 3.63) is 29.8 Å². The summed E-state index contributed by atoms with van der Waals surface area (Å²) in [5.41, 5.74) is 0.520.